The summed E-state index contributed by atoms with van der Waals surface area (Å²) in [5, 5.41) is 2.42. The Hall–Kier alpha value is -1.72. The van der Waals surface area contributed by atoms with Crippen molar-refractivity contribution in [2.24, 2.45) is 0 Å². The number of likely N-dealkylation sites (N-methyl/N-ethyl adjacent to an activating group) is 1. The molecule has 1 aromatic rings. The minimum absolute atomic E-state index is 0.128. The fraction of sp³-hybridized carbons (Fsp3) is 0.300. The predicted octanol–water partition coefficient (Wildman–Crippen LogP) is 1.87. The maximum absolute atomic E-state index is 11.8. The third-order valence-corrected chi connectivity index (χ3v) is 1.80. The van der Waals surface area contributed by atoms with E-state index >= 15 is 0 Å². The summed E-state index contributed by atoms with van der Waals surface area (Å²) in [5.74, 6) is -0.502. The first-order valence-corrected chi connectivity index (χ1v) is 4.46. The first kappa shape index (κ1) is 12.4. The van der Waals surface area contributed by atoms with Crippen LogP contribution in [0.5, 0.6) is 5.75 Å². The van der Waals surface area contributed by atoms with Crippen LogP contribution in [0.2, 0.25) is 0 Å². The van der Waals surface area contributed by atoms with E-state index in [1.807, 2.05) is 0 Å². The molecule has 0 spiro atoms. The summed E-state index contributed by atoms with van der Waals surface area (Å²) in [6, 6.07) is 5.17. The van der Waals surface area contributed by atoms with E-state index in [0.29, 0.717) is 5.56 Å². The van der Waals surface area contributed by atoms with Crippen molar-refractivity contribution in [3.05, 3.63) is 29.8 Å². The topological polar surface area (TPSA) is 38.3 Å². The largest absolute Gasteiger partial charge is 0.573 e. The SMILES string of the molecule is CNC(=O)Cc1ccc(OC(F)(F)F)cc1. The number of amides is 1. The van der Waals surface area contributed by atoms with Gasteiger partial charge in [-0.25, -0.2) is 0 Å². The third kappa shape index (κ3) is 4.20. The lowest BCUT2D eigenvalue weighted by Crippen LogP contribution is -2.20. The number of nitrogens with one attached hydrogen (secondary N) is 1. The van der Waals surface area contributed by atoms with Crippen LogP contribution >= 0.6 is 0 Å². The highest BCUT2D eigenvalue weighted by Gasteiger charge is 2.30. The molecular weight excluding hydrogens is 223 g/mol. The first-order chi connectivity index (χ1) is 7.40. The van der Waals surface area contributed by atoms with Crippen LogP contribution in [0.4, 0.5) is 13.2 Å². The Morgan fingerprint density at radius 2 is 1.88 bits per heavy atom. The Bertz CT molecular complexity index is 359. The van der Waals surface area contributed by atoms with Crippen molar-refractivity contribution in [2.45, 2.75) is 12.8 Å². The number of benzene rings is 1. The highest BCUT2D eigenvalue weighted by atomic mass is 19.4. The van der Waals surface area contributed by atoms with Crippen molar-refractivity contribution >= 4 is 5.91 Å². The Kier molecular flexibility index (Phi) is 3.76. The van der Waals surface area contributed by atoms with Gasteiger partial charge in [0.1, 0.15) is 5.75 Å². The summed E-state index contributed by atoms with van der Waals surface area (Å²) in [7, 11) is 1.49. The van der Waals surface area contributed by atoms with Gasteiger partial charge in [-0.2, -0.15) is 0 Å². The van der Waals surface area contributed by atoms with E-state index in [-0.39, 0.29) is 18.1 Å². The lowest BCUT2D eigenvalue weighted by Gasteiger charge is -2.09. The molecule has 0 radical (unpaired) electrons. The second kappa shape index (κ2) is 4.87. The molecule has 0 atom stereocenters. The number of carbonyl (C=O) groups is 1. The molecule has 0 aromatic heterocycles. The van der Waals surface area contributed by atoms with Crippen molar-refractivity contribution in [3.63, 3.8) is 0 Å². The average Bonchev–Trinajstić information content (AvgIpc) is 2.18. The molecule has 1 N–H and O–H groups in total. The van der Waals surface area contributed by atoms with Gasteiger partial charge in [-0.3, -0.25) is 4.79 Å². The van der Waals surface area contributed by atoms with Crippen LogP contribution in [0.25, 0.3) is 0 Å². The van der Waals surface area contributed by atoms with E-state index < -0.39 is 6.36 Å². The molecule has 0 aliphatic rings. The molecule has 1 amide bonds. The van der Waals surface area contributed by atoms with Crippen LogP contribution < -0.4 is 10.1 Å². The Labute approximate surface area is 90.2 Å². The fourth-order valence-corrected chi connectivity index (χ4v) is 1.08. The van der Waals surface area contributed by atoms with E-state index in [2.05, 4.69) is 10.1 Å². The van der Waals surface area contributed by atoms with E-state index in [4.69, 9.17) is 0 Å². The number of alkyl halides is 3. The maximum atomic E-state index is 11.8. The number of carbonyl (C=O) groups excluding carboxylic acids is 1. The standard InChI is InChI=1S/C10H10F3NO2/c1-14-9(15)6-7-2-4-8(5-3-7)16-10(11,12)13/h2-5H,6H2,1H3,(H,14,15). The van der Waals surface area contributed by atoms with Crippen LogP contribution in [-0.4, -0.2) is 19.3 Å². The summed E-state index contributed by atoms with van der Waals surface area (Å²) in [5.41, 5.74) is 0.619. The number of halogens is 3. The molecule has 0 heterocycles. The molecule has 0 saturated heterocycles. The third-order valence-electron chi connectivity index (χ3n) is 1.80. The second-order valence-corrected chi connectivity index (χ2v) is 3.04. The quantitative estimate of drug-likeness (QED) is 0.865. The summed E-state index contributed by atoms with van der Waals surface area (Å²) >= 11 is 0. The van der Waals surface area contributed by atoms with Crippen LogP contribution in [0.15, 0.2) is 24.3 Å². The van der Waals surface area contributed by atoms with Gasteiger partial charge < -0.3 is 10.1 Å². The Morgan fingerprint density at radius 1 is 1.31 bits per heavy atom. The van der Waals surface area contributed by atoms with Gasteiger partial charge in [0.25, 0.3) is 0 Å². The second-order valence-electron chi connectivity index (χ2n) is 3.04. The van der Waals surface area contributed by atoms with Gasteiger partial charge in [0.05, 0.1) is 6.42 Å². The zero-order valence-corrected chi connectivity index (χ0v) is 8.47. The monoisotopic (exact) mass is 233 g/mol. The summed E-state index contributed by atoms with van der Waals surface area (Å²) < 4.78 is 39.1. The molecule has 1 aromatic carbocycles. The Morgan fingerprint density at radius 3 is 2.31 bits per heavy atom. The molecule has 0 aliphatic heterocycles. The van der Waals surface area contributed by atoms with Gasteiger partial charge >= 0.3 is 6.36 Å². The zero-order chi connectivity index (χ0) is 12.2. The van der Waals surface area contributed by atoms with Crippen LogP contribution in [0, 0.1) is 0 Å². The average molecular weight is 233 g/mol. The van der Waals surface area contributed by atoms with Gasteiger partial charge in [-0.05, 0) is 17.7 Å². The van der Waals surface area contributed by atoms with Crippen LogP contribution in [-0.2, 0) is 11.2 Å². The van der Waals surface area contributed by atoms with Gasteiger partial charge in [-0.1, -0.05) is 12.1 Å². The molecule has 0 aliphatic carbocycles. The van der Waals surface area contributed by atoms with Crippen molar-refractivity contribution in [3.8, 4) is 5.75 Å². The van der Waals surface area contributed by atoms with Gasteiger partial charge in [0.15, 0.2) is 0 Å². The molecule has 16 heavy (non-hydrogen) atoms. The van der Waals surface area contributed by atoms with Crippen molar-refractivity contribution in [1.82, 2.24) is 5.32 Å². The lowest BCUT2D eigenvalue weighted by molar-refractivity contribution is -0.274. The molecule has 88 valence electrons. The molecule has 0 saturated carbocycles. The molecule has 0 fully saturated rings. The normalized spacial score (nSPS) is 11.0. The zero-order valence-electron chi connectivity index (χ0n) is 8.47. The predicted molar refractivity (Wildman–Crippen MR) is 50.9 cm³/mol. The molecular formula is C10H10F3NO2. The smallest absolute Gasteiger partial charge is 0.406 e. The van der Waals surface area contributed by atoms with E-state index in [1.165, 1.54) is 31.3 Å². The van der Waals surface area contributed by atoms with Gasteiger partial charge in [0, 0.05) is 7.05 Å². The number of hydrogen-bond acceptors (Lipinski definition) is 2. The summed E-state index contributed by atoms with van der Waals surface area (Å²) in [6.07, 6.45) is -4.56. The van der Waals surface area contributed by atoms with Gasteiger partial charge in [-0.15, -0.1) is 13.2 Å². The highest BCUT2D eigenvalue weighted by molar-refractivity contribution is 5.78. The van der Waals surface area contributed by atoms with E-state index in [1.54, 1.807) is 0 Å². The molecule has 0 bridgehead atoms. The number of ether oxygens (including phenoxy) is 1. The number of hydrogen-bond donors (Lipinski definition) is 1. The minimum Gasteiger partial charge on any atom is -0.406 e. The minimum atomic E-state index is -4.69. The van der Waals surface area contributed by atoms with Crippen molar-refractivity contribution in [2.75, 3.05) is 7.05 Å². The van der Waals surface area contributed by atoms with Gasteiger partial charge in [0.2, 0.25) is 5.91 Å². The molecule has 1 rings (SSSR count). The van der Waals surface area contributed by atoms with Crippen LogP contribution in [0.3, 0.4) is 0 Å². The molecule has 3 nitrogen and oxygen atoms in total. The maximum Gasteiger partial charge on any atom is 0.573 e. The lowest BCUT2D eigenvalue weighted by atomic mass is 10.1. The van der Waals surface area contributed by atoms with E-state index in [9.17, 15) is 18.0 Å². The first-order valence-electron chi connectivity index (χ1n) is 4.46. The van der Waals surface area contributed by atoms with Crippen molar-refractivity contribution in [1.29, 1.82) is 0 Å². The summed E-state index contributed by atoms with van der Waals surface area (Å²) in [6.45, 7) is 0. The van der Waals surface area contributed by atoms with E-state index in [0.717, 1.165) is 0 Å². The fourth-order valence-electron chi connectivity index (χ4n) is 1.08. The highest BCUT2D eigenvalue weighted by Crippen LogP contribution is 2.22. The Balaban J connectivity index is 2.64. The van der Waals surface area contributed by atoms with Crippen molar-refractivity contribution < 1.29 is 22.7 Å². The van der Waals surface area contributed by atoms with Crippen LogP contribution in [0.1, 0.15) is 5.56 Å². The number of rotatable bonds is 3. The molecule has 0 unspecified atom stereocenters. The molecule has 6 heteroatoms. The summed E-state index contributed by atoms with van der Waals surface area (Å²) in [4.78, 5) is 11.0.